The van der Waals surface area contributed by atoms with Crippen LogP contribution in [0.15, 0.2) is 24.3 Å². The van der Waals surface area contributed by atoms with Crippen molar-refractivity contribution in [2.45, 2.75) is 32.2 Å². The number of fused-ring (bicyclic) bond motifs is 1. The number of hydrogen-bond acceptors (Lipinski definition) is 5. The Morgan fingerprint density at radius 3 is 3.04 bits per heavy atom. The van der Waals surface area contributed by atoms with Crippen molar-refractivity contribution in [1.29, 1.82) is 5.26 Å². The summed E-state index contributed by atoms with van der Waals surface area (Å²) in [5.74, 6) is 0.734. The van der Waals surface area contributed by atoms with Gasteiger partial charge in [-0.2, -0.15) is 5.26 Å². The largest absolute Gasteiger partial charge is 0.496 e. The lowest BCUT2D eigenvalue weighted by molar-refractivity contribution is -0.116. The number of carbonyl (C=O) groups is 1. The maximum atomic E-state index is 12.5. The van der Waals surface area contributed by atoms with E-state index in [9.17, 15) is 10.1 Å². The predicted molar refractivity (Wildman–Crippen MR) is 99.1 cm³/mol. The van der Waals surface area contributed by atoms with Gasteiger partial charge in [0.15, 0.2) is 0 Å². The van der Waals surface area contributed by atoms with Crippen LogP contribution in [0.1, 0.15) is 40.8 Å². The van der Waals surface area contributed by atoms with E-state index in [2.05, 4.69) is 16.7 Å². The summed E-state index contributed by atoms with van der Waals surface area (Å²) in [6, 6.07) is 10.0. The second-order valence-corrected chi connectivity index (χ2v) is 7.25. The Labute approximate surface area is 151 Å². The highest BCUT2D eigenvalue weighted by molar-refractivity contribution is 7.16. The first-order valence-electron chi connectivity index (χ1n) is 8.32. The zero-order valence-corrected chi connectivity index (χ0v) is 15.2. The van der Waals surface area contributed by atoms with Crippen LogP contribution in [-0.4, -0.2) is 19.6 Å². The van der Waals surface area contributed by atoms with Crippen LogP contribution in [0.3, 0.4) is 0 Å². The molecule has 0 bridgehead atoms. The summed E-state index contributed by atoms with van der Waals surface area (Å²) >= 11 is 1.50. The summed E-state index contributed by atoms with van der Waals surface area (Å²) in [5, 5.41) is 16.4. The van der Waals surface area contributed by atoms with E-state index in [-0.39, 0.29) is 11.8 Å². The molecule has 6 heteroatoms. The number of amides is 1. The average molecular weight is 355 g/mol. The molecule has 2 aromatic rings. The molecule has 1 aliphatic rings. The Bertz CT molecular complexity index is 823. The van der Waals surface area contributed by atoms with Gasteiger partial charge in [-0.05, 0) is 36.1 Å². The van der Waals surface area contributed by atoms with E-state index in [4.69, 9.17) is 4.74 Å². The van der Waals surface area contributed by atoms with Crippen LogP contribution >= 0.6 is 11.3 Å². The number of hydrogen-bond donors (Lipinski definition) is 2. The molecule has 130 valence electrons. The smallest absolute Gasteiger partial charge is 0.225 e. The van der Waals surface area contributed by atoms with Gasteiger partial charge >= 0.3 is 0 Å². The first-order chi connectivity index (χ1) is 12.1. The summed E-state index contributed by atoms with van der Waals surface area (Å²) in [6.07, 6.45) is 1.17. The summed E-state index contributed by atoms with van der Waals surface area (Å²) in [4.78, 5) is 13.7. The van der Waals surface area contributed by atoms with Gasteiger partial charge in [0, 0.05) is 17.8 Å². The molecule has 1 amide bonds. The molecular weight excluding hydrogens is 334 g/mol. The quantitative estimate of drug-likeness (QED) is 0.862. The van der Waals surface area contributed by atoms with Gasteiger partial charge in [0.25, 0.3) is 0 Å². The molecule has 5 nitrogen and oxygen atoms in total. The van der Waals surface area contributed by atoms with Gasteiger partial charge in [-0.3, -0.25) is 4.79 Å². The Hall–Kier alpha value is -2.36. The van der Waals surface area contributed by atoms with Gasteiger partial charge in [-0.1, -0.05) is 25.1 Å². The highest BCUT2D eigenvalue weighted by Crippen LogP contribution is 2.35. The Morgan fingerprint density at radius 2 is 2.28 bits per heavy atom. The Balaban J connectivity index is 1.73. The van der Waals surface area contributed by atoms with Gasteiger partial charge in [-0.15, -0.1) is 11.3 Å². The number of benzene rings is 1. The number of nitrogens with zero attached hydrogens (tertiary/aromatic N) is 1. The number of methoxy groups -OCH3 is 1. The van der Waals surface area contributed by atoms with E-state index in [1.165, 1.54) is 11.3 Å². The zero-order chi connectivity index (χ0) is 17.8. The third-order valence-corrected chi connectivity index (χ3v) is 5.60. The van der Waals surface area contributed by atoms with Gasteiger partial charge in [0.05, 0.1) is 12.7 Å². The van der Waals surface area contributed by atoms with Crippen LogP contribution in [0.2, 0.25) is 0 Å². The second kappa shape index (κ2) is 7.68. The predicted octanol–water partition coefficient (Wildman–Crippen LogP) is 3.41. The molecular formula is C19H21N3O2S. The van der Waals surface area contributed by atoms with Gasteiger partial charge in [0.1, 0.15) is 16.8 Å². The molecule has 0 fully saturated rings. The fourth-order valence-electron chi connectivity index (χ4n) is 3.18. The van der Waals surface area contributed by atoms with E-state index in [1.807, 2.05) is 31.2 Å². The molecule has 1 aliphatic heterocycles. The second-order valence-electron chi connectivity index (χ2n) is 6.14. The topological polar surface area (TPSA) is 74.1 Å². The van der Waals surface area contributed by atoms with E-state index in [0.29, 0.717) is 17.0 Å². The van der Waals surface area contributed by atoms with Crippen molar-refractivity contribution in [3.05, 3.63) is 45.8 Å². The molecule has 25 heavy (non-hydrogen) atoms. The average Bonchev–Trinajstić information content (AvgIpc) is 2.98. The number of nitrogens with one attached hydrogen (secondary N) is 2. The van der Waals surface area contributed by atoms with E-state index in [0.717, 1.165) is 41.3 Å². The molecule has 2 heterocycles. The standard InChI is InChI=1S/C19H21N3O2S/c1-12(13-5-3-4-6-16(13)24-2)9-18(23)22-19-15(10-20)14-7-8-21-11-17(14)25-19/h3-6,12,21H,7-9,11H2,1-2H3,(H,22,23)/t12-/m0/s1. The molecule has 0 aliphatic carbocycles. The number of ether oxygens (including phenoxy) is 1. The lowest BCUT2D eigenvalue weighted by Gasteiger charge is -2.15. The van der Waals surface area contributed by atoms with Crippen molar-refractivity contribution in [1.82, 2.24) is 5.32 Å². The minimum Gasteiger partial charge on any atom is -0.496 e. The molecule has 0 saturated heterocycles. The third-order valence-electron chi connectivity index (χ3n) is 4.45. The first-order valence-corrected chi connectivity index (χ1v) is 9.13. The van der Waals surface area contributed by atoms with Crippen molar-refractivity contribution in [2.24, 2.45) is 0 Å². The fourth-order valence-corrected chi connectivity index (χ4v) is 4.36. The van der Waals surface area contributed by atoms with E-state index in [1.54, 1.807) is 7.11 Å². The van der Waals surface area contributed by atoms with Crippen LogP contribution in [0.25, 0.3) is 0 Å². The summed E-state index contributed by atoms with van der Waals surface area (Å²) in [7, 11) is 1.63. The maximum Gasteiger partial charge on any atom is 0.225 e. The molecule has 3 rings (SSSR count). The van der Waals surface area contributed by atoms with Crippen molar-refractivity contribution in [2.75, 3.05) is 19.0 Å². The molecule has 0 spiro atoms. The van der Waals surface area contributed by atoms with Crippen molar-refractivity contribution in [3.8, 4) is 11.8 Å². The third kappa shape index (κ3) is 3.68. The molecule has 0 unspecified atom stereocenters. The van der Waals surface area contributed by atoms with E-state index >= 15 is 0 Å². The fraction of sp³-hybridized carbons (Fsp3) is 0.368. The molecule has 0 radical (unpaired) electrons. The van der Waals surface area contributed by atoms with Gasteiger partial charge in [-0.25, -0.2) is 0 Å². The molecule has 1 aromatic heterocycles. The normalized spacial score (nSPS) is 14.3. The van der Waals surface area contributed by atoms with Crippen LogP contribution in [0.5, 0.6) is 5.75 Å². The summed E-state index contributed by atoms with van der Waals surface area (Å²) < 4.78 is 5.38. The molecule has 1 atom stereocenters. The first kappa shape index (κ1) is 17.5. The van der Waals surface area contributed by atoms with Crippen molar-refractivity contribution < 1.29 is 9.53 Å². The zero-order valence-electron chi connectivity index (χ0n) is 14.4. The number of nitriles is 1. The minimum atomic E-state index is -0.0820. The number of rotatable bonds is 5. The summed E-state index contributed by atoms with van der Waals surface area (Å²) in [5.41, 5.74) is 2.72. The SMILES string of the molecule is COc1ccccc1[C@@H](C)CC(=O)Nc1sc2c(c1C#N)CCNC2. The summed E-state index contributed by atoms with van der Waals surface area (Å²) in [6.45, 7) is 3.64. The maximum absolute atomic E-state index is 12.5. The van der Waals surface area contributed by atoms with Crippen LogP contribution in [0, 0.1) is 11.3 Å². The Kier molecular flexibility index (Phi) is 5.37. The number of thiophene rings is 1. The lowest BCUT2D eigenvalue weighted by atomic mass is 9.96. The number of anilines is 1. The van der Waals surface area contributed by atoms with Gasteiger partial charge in [0.2, 0.25) is 5.91 Å². The van der Waals surface area contributed by atoms with Gasteiger partial charge < -0.3 is 15.4 Å². The highest BCUT2D eigenvalue weighted by Gasteiger charge is 2.22. The molecule has 1 aromatic carbocycles. The minimum absolute atomic E-state index is 0.0259. The monoisotopic (exact) mass is 355 g/mol. The van der Waals surface area contributed by atoms with Crippen molar-refractivity contribution in [3.63, 3.8) is 0 Å². The van der Waals surface area contributed by atoms with Crippen LogP contribution < -0.4 is 15.4 Å². The highest BCUT2D eigenvalue weighted by atomic mass is 32.1. The van der Waals surface area contributed by atoms with Crippen LogP contribution in [0.4, 0.5) is 5.00 Å². The number of para-hydroxylation sites is 1. The van der Waals surface area contributed by atoms with Crippen LogP contribution in [-0.2, 0) is 17.8 Å². The molecule has 2 N–H and O–H groups in total. The Morgan fingerprint density at radius 1 is 1.48 bits per heavy atom. The van der Waals surface area contributed by atoms with Crippen molar-refractivity contribution >= 4 is 22.2 Å². The molecule has 0 saturated carbocycles. The lowest BCUT2D eigenvalue weighted by Crippen LogP contribution is -2.22. The number of carbonyl (C=O) groups excluding carboxylic acids is 1. The van der Waals surface area contributed by atoms with E-state index < -0.39 is 0 Å².